The third kappa shape index (κ3) is 4.94. The lowest BCUT2D eigenvalue weighted by Gasteiger charge is -2.29. The Morgan fingerprint density at radius 2 is 1.66 bits per heavy atom. The lowest BCUT2D eigenvalue weighted by atomic mass is 10.0. The number of nitrogens with zero attached hydrogens (tertiary/aromatic N) is 2. The van der Waals surface area contributed by atoms with Crippen LogP contribution < -0.4 is 9.64 Å². The van der Waals surface area contributed by atoms with Crippen LogP contribution in [0.5, 0.6) is 5.75 Å². The number of hydrogen-bond donors (Lipinski definition) is 1. The minimum absolute atomic E-state index is 0.0486. The second kappa shape index (κ2) is 10.1. The molecule has 13 heteroatoms. The number of alkyl halides is 3. The highest BCUT2D eigenvalue weighted by Gasteiger charge is 2.44. The van der Waals surface area contributed by atoms with E-state index >= 15 is 0 Å². The first-order valence-corrected chi connectivity index (χ1v) is 12.4. The van der Waals surface area contributed by atoms with E-state index in [9.17, 15) is 40.7 Å². The molecule has 1 heterocycles. The van der Waals surface area contributed by atoms with Gasteiger partial charge in [0.25, 0.3) is 5.91 Å². The largest absolute Gasteiger partial charge is 0.497 e. The molecule has 1 N–H and O–H groups in total. The van der Waals surface area contributed by atoms with Crippen molar-refractivity contribution in [1.29, 1.82) is 0 Å². The first kappa shape index (κ1) is 27.1. The molecular formula is C25H20F4N2O6S. The molecule has 38 heavy (non-hydrogen) atoms. The fourth-order valence-electron chi connectivity index (χ4n) is 4.19. The number of rotatable bonds is 5. The molecule has 8 nitrogen and oxygen atoms in total. The number of aliphatic carboxylic acids is 1. The van der Waals surface area contributed by atoms with Crippen LogP contribution in [0.2, 0.25) is 0 Å². The summed E-state index contributed by atoms with van der Waals surface area (Å²) >= 11 is 0. The van der Waals surface area contributed by atoms with Crippen LogP contribution in [-0.2, 0) is 27.5 Å². The van der Waals surface area contributed by atoms with Crippen LogP contribution in [0.25, 0.3) is 0 Å². The topological polar surface area (TPSA) is 104 Å². The normalized spacial score (nSPS) is 16.4. The van der Waals surface area contributed by atoms with E-state index in [4.69, 9.17) is 4.74 Å². The Labute approximate surface area is 214 Å². The highest BCUT2D eigenvalue weighted by atomic mass is 32.2. The molecule has 0 bridgehead atoms. The molecular weight excluding hydrogens is 532 g/mol. The van der Waals surface area contributed by atoms with Crippen LogP contribution in [0.3, 0.4) is 0 Å². The van der Waals surface area contributed by atoms with Gasteiger partial charge in [-0.05, 0) is 48.0 Å². The highest BCUT2D eigenvalue weighted by Crippen LogP contribution is 2.37. The van der Waals surface area contributed by atoms with Gasteiger partial charge in [0.1, 0.15) is 17.6 Å². The monoisotopic (exact) mass is 552 g/mol. The summed E-state index contributed by atoms with van der Waals surface area (Å²) in [6.07, 6.45) is -5.09. The molecule has 1 aliphatic heterocycles. The van der Waals surface area contributed by atoms with Crippen LogP contribution in [0, 0.1) is 5.82 Å². The molecule has 3 aromatic rings. The number of methoxy groups -OCH3 is 1. The second-order valence-electron chi connectivity index (χ2n) is 8.28. The zero-order valence-corrected chi connectivity index (χ0v) is 20.5. The maximum absolute atomic E-state index is 14.7. The Kier molecular flexibility index (Phi) is 7.17. The second-order valence-corrected chi connectivity index (χ2v) is 10.2. The van der Waals surface area contributed by atoms with Gasteiger partial charge in [0.15, 0.2) is 0 Å². The van der Waals surface area contributed by atoms with Crippen molar-refractivity contribution in [1.82, 2.24) is 4.31 Å². The Balaban J connectivity index is 1.86. The Hall–Kier alpha value is -3.97. The van der Waals surface area contributed by atoms with Gasteiger partial charge in [-0.15, -0.1) is 0 Å². The van der Waals surface area contributed by atoms with E-state index in [-0.39, 0.29) is 16.1 Å². The van der Waals surface area contributed by atoms with E-state index < -0.39 is 64.2 Å². The zero-order valence-electron chi connectivity index (χ0n) is 19.6. The van der Waals surface area contributed by atoms with Crippen LogP contribution in [0.1, 0.15) is 21.5 Å². The number of ether oxygens (including phenoxy) is 1. The standard InChI is InChI=1S/C25H20F4N2O6S/c1-37-16-9-11-17(12-10-16)38(35,36)31-13-15-5-2-3-8-20(15)30(14-21(31)24(33)34)23(32)22-18(25(27,28)29)6-4-7-19(22)26/h2-12,21H,13-14H2,1H3,(H,33,34). The number of amides is 1. The van der Waals surface area contributed by atoms with Gasteiger partial charge in [-0.3, -0.25) is 9.59 Å². The van der Waals surface area contributed by atoms with Gasteiger partial charge in [0.2, 0.25) is 10.0 Å². The van der Waals surface area contributed by atoms with Gasteiger partial charge in [-0.1, -0.05) is 24.3 Å². The van der Waals surface area contributed by atoms with Crippen molar-refractivity contribution in [2.45, 2.75) is 23.7 Å². The van der Waals surface area contributed by atoms with Crippen molar-refractivity contribution in [2.24, 2.45) is 0 Å². The number of halogens is 4. The number of sulfonamides is 1. The number of anilines is 1. The lowest BCUT2D eigenvalue weighted by Crippen LogP contribution is -2.50. The zero-order chi connectivity index (χ0) is 27.8. The van der Waals surface area contributed by atoms with Gasteiger partial charge in [0, 0.05) is 12.2 Å². The number of para-hydroxylation sites is 1. The first-order valence-electron chi connectivity index (χ1n) is 11.0. The summed E-state index contributed by atoms with van der Waals surface area (Å²) in [6, 6.07) is 10.9. The minimum atomic E-state index is -5.09. The number of carbonyl (C=O) groups excluding carboxylic acids is 1. The van der Waals surface area contributed by atoms with Crippen molar-refractivity contribution in [3.05, 3.63) is 89.2 Å². The molecule has 1 atom stereocenters. The number of carboxylic acid groups (broad SMARTS) is 1. The molecule has 4 rings (SSSR count). The predicted molar refractivity (Wildman–Crippen MR) is 127 cm³/mol. The van der Waals surface area contributed by atoms with Crippen LogP contribution >= 0.6 is 0 Å². The van der Waals surface area contributed by atoms with Crippen molar-refractivity contribution in [2.75, 3.05) is 18.6 Å². The van der Waals surface area contributed by atoms with Crippen LogP contribution in [0.4, 0.5) is 23.2 Å². The summed E-state index contributed by atoms with van der Waals surface area (Å²) in [5.74, 6) is -4.22. The van der Waals surface area contributed by atoms with E-state index in [2.05, 4.69) is 0 Å². The molecule has 3 aromatic carbocycles. The summed E-state index contributed by atoms with van der Waals surface area (Å²) in [6.45, 7) is -1.40. The summed E-state index contributed by atoms with van der Waals surface area (Å²) in [4.78, 5) is 26.2. The summed E-state index contributed by atoms with van der Waals surface area (Å²) in [5, 5.41) is 10.00. The molecule has 200 valence electrons. The molecule has 1 unspecified atom stereocenters. The average Bonchev–Trinajstić information content (AvgIpc) is 3.05. The Morgan fingerprint density at radius 1 is 1.00 bits per heavy atom. The quantitative estimate of drug-likeness (QED) is 0.477. The van der Waals surface area contributed by atoms with E-state index in [0.717, 1.165) is 6.07 Å². The Bertz CT molecular complexity index is 1490. The number of hydrogen-bond acceptors (Lipinski definition) is 5. The maximum Gasteiger partial charge on any atom is 0.417 e. The van der Waals surface area contributed by atoms with Crippen LogP contribution in [0.15, 0.2) is 71.6 Å². The van der Waals surface area contributed by atoms with Gasteiger partial charge in [0.05, 0.1) is 29.7 Å². The summed E-state index contributed by atoms with van der Waals surface area (Å²) in [5.41, 5.74) is -2.76. The molecule has 0 saturated heterocycles. The number of carboxylic acids is 1. The molecule has 0 spiro atoms. The minimum Gasteiger partial charge on any atom is -0.497 e. The van der Waals surface area contributed by atoms with Gasteiger partial charge >= 0.3 is 12.1 Å². The highest BCUT2D eigenvalue weighted by molar-refractivity contribution is 7.89. The van der Waals surface area contributed by atoms with Crippen molar-refractivity contribution in [3.63, 3.8) is 0 Å². The molecule has 0 saturated carbocycles. The molecule has 0 aromatic heterocycles. The van der Waals surface area contributed by atoms with E-state index in [1.807, 2.05) is 0 Å². The molecule has 0 fully saturated rings. The molecule has 1 amide bonds. The molecule has 0 aliphatic carbocycles. The maximum atomic E-state index is 14.7. The summed E-state index contributed by atoms with van der Waals surface area (Å²) in [7, 11) is -3.12. The third-order valence-electron chi connectivity index (χ3n) is 6.04. The predicted octanol–water partition coefficient (Wildman–Crippen LogP) is 4.16. The number of benzene rings is 3. The fourth-order valence-corrected chi connectivity index (χ4v) is 5.74. The molecule has 1 aliphatic rings. The van der Waals surface area contributed by atoms with Crippen molar-refractivity contribution < 1.29 is 45.4 Å². The van der Waals surface area contributed by atoms with Crippen molar-refractivity contribution >= 4 is 27.6 Å². The van der Waals surface area contributed by atoms with Gasteiger partial charge < -0.3 is 14.7 Å². The smallest absolute Gasteiger partial charge is 0.417 e. The van der Waals surface area contributed by atoms with Crippen molar-refractivity contribution in [3.8, 4) is 5.75 Å². The lowest BCUT2D eigenvalue weighted by molar-refractivity contribution is -0.141. The van der Waals surface area contributed by atoms with Gasteiger partial charge in [-0.2, -0.15) is 17.5 Å². The average molecular weight is 553 g/mol. The SMILES string of the molecule is COc1ccc(S(=O)(=O)N2Cc3ccccc3N(C(=O)c3c(F)cccc3C(F)(F)F)CC2C(=O)O)cc1. The van der Waals surface area contributed by atoms with E-state index in [1.165, 1.54) is 55.6 Å². The summed E-state index contributed by atoms with van der Waals surface area (Å²) < 4.78 is 88.5. The fraction of sp³-hybridized carbons (Fsp3) is 0.200. The van der Waals surface area contributed by atoms with E-state index in [0.29, 0.717) is 27.1 Å². The third-order valence-corrected chi connectivity index (χ3v) is 7.91. The van der Waals surface area contributed by atoms with E-state index in [1.54, 1.807) is 0 Å². The number of carbonyl (C=O) groups is 2. The Morgan fingerprint density at radius 3 is 2.26 bits per heavy atom. The first-order chi connectivity index (χ1) is 17.9. The number of fused-ring (bicyclic) bond motifs is 1. The molecule has 0 radical (unpaired) electrons. The van der Waals surface area contributed by atoms with Crippen LogP contribution in [-0.4, -0.2) is 49.4 Å². The van der Waals surface area contributed by atoms with Gasteiger partial charge in [-0.25, -0.2) is 12.8 Å².